The van der Waals surface area contributed by atoms with Gasteiger partial charge in [-0.2, -0.15) is 0 Å². The fourth-order valence-corrected chi connectivity index (χ4v) is 1.91. The first kappa shape index (κ1) is 12.6. The van der Waals surface area contributed by atoms with Crippen molar-refractivity contribution >= 4 is 0 Å². The van der Waals surface area contributed by atoms with Gasteiger partial charge in [0, 0.05) is 23.8 Å². The van der Waals surface area contributed by atoms with Crippen molar-refractivity contribution in [3.05, 3.63) is 35.5 Å². The summed E-state index contributed by atoms with van der Waals surface area (Å²) in [6.07, 6.45) is 6.84. The standard InChI is InChI=1S/C13H17N5/c1-9-11(4-3-5-14)10(2)18-13(17-9)12-8-15-6-7-16-12/h6-8H,3-5,14H2,1-2H3. The van der Waals surface area contributed by atoms with Gasteiger partial charge in [0.05, 0.1) is 6.20 Å². The van der Waals surface area contributed by atoms with Gasteiger partial charge in [-0.15, -0.1) is 0 Å². The van der Waals surface area contributed by atoms with Crippen LogP contribution in [0.1, 0.15) is 23.4 Å². The summed E-state index contributed by atoms with van der Waals surface area (Å²) < 4.78 is 0. The van der Waals surface area contributed by atoms with E-state index in [4.69, 9.17) is 5.73 Å². The van der Waals surface area contributed by atoms with E-state index in [2.05, 4.69) is 19.9 Å². The molecule has 2 aromatic heterocycles. The molecule has 0 spiro atoms. The van der Waals surface area contributed by atoms with E-state index in [0.717, 1.165) is 24.2 Å². The highest BCUT2D eigenvalue weighted by molar-refractivity contribution is 5.48. The van der Waals surface area contributed by atoms with Crippen molar-refractivity contribution in [2.75, 3.05) is 6.54 Å². The van der Waals surface area contributed by atoms with E-state index in [1.54, 1.807) is 18.6 Å². The van der Waals surface area contributed by atoms with Gasteiger partial charge in [0.2, 0.25) is 0 Å². The minimum Gasteiger partial charge on any atom is -0.330 e. The molecule has 2 aromatic rings. The van der Waals surface area contributed by atoms with Gasteiger partial charge in [0.1, 0.15) is 5.69 Å². The monoisotopic (exact) mass is 243 g/mol. The Morgan fingerprint density at radius 2 is 1.83 bits per heavy atom. The predicted octanol–water partition coefficient (Wildman–Crippen LogP) is 1.44. The fraction of sp³-hybridized carbons (Fsp3) is 0.385. The Morgan fingerprint density at radius 1 is 1.11 bits per heavy atom. The van der Waals surface area contributed by atoms with Crippen LogP contribution in [0.5, 0.6) is 0 Å². The van der Waals surface area contributed by atoms with Crippen LogP contribution in [-0.4, -0.2) is 26.5 Å². The molecule has 0 aromatic carbocycles. The quantitative estimate of drug-likeness (QED) is 0.879. The van der Waals surface area contributed by atoms with Crippen molar-refractivity contribution < 1.29 is 0 Å². The molecule has 0 bridgehead atoms. The maximum atomic E-state index is 5.54. The molecule has 5 nitrogen and oxygen atoms in total. The lowest BCUT2D eigenvalue weighted by molar-refractivity contribution is 0.805. The summed E-state index contributed by atoms with van der Waals surface area (Å²) in [5, 5.41) is 0. The van der Waals surface area contributed by atoms with Crippen LogP contribution in [0.25, 0.3) is 11.5 Å². The van der Waals surface area contributed by atoms with Crippen LogP contribution in [-0.2, 0) is 6.42 Å². The minimum atomic E-state index is 0.634. The molecule has 0 radical (unpaired) electrons. The van der Waals surface area contributed by atoms with Crippen LogP contribution in [0.2, 0.25) is 0 Å². The van der Waals surface area contributed by atoms with Gasteiger partial charge in [-0.1, -0.05) is 0 Å². The molecule has 0 fully saturated rings. The summed E-state index contributed by atoms with van der Waals surface area (Å²) in [5.74, 6) is 0.634. The molecule has 18 heavy (non-hydrogen) atoms. The van der Waals surface area contributed by atoms with Crippen molar-refractivity contribution in [2.24, 2.45) is 5.73 Å². The summed E-state index contributed by atoms with van der Waals surface area (Å²) in [7, 11) is 0. The zero-order chi connectivity index (χ0) is 13.0. The van der Waals surface area contributed by atoms with Crippen LogP contribution in [0.4, 0.5) is 0 Å². The van der Waals surface area contributed by atoms with Crippen LogP contribution < -0.4 is 5.73 Å². The Kier molecular flexibility index (Phi) is 3.94. The maximum absolute atomic E-state index is 5.54. The van der Waals surface area contributed by atoms with Gasteiger partial charge in [-0.3, -0.25) is 4.98 Å². The third kappa shape index (κ3) is 2.68. The van der Waals surface area contributed by atoms with Crippen molar-refractivity contribution in [1.29, 1.82) is 0 Å². The van der Waals surface area contributed by atoms with Gasteiger partial charge in [-0.25, -0.2) is 15.0 Å². The summed E-state index contributed by atoms with van der Waals surface area (Å²) >= 11 is 0. The molecule has 2 heterocycles. The zero-order valence-corrected chi connectivity index (χ0v) is 10.7. The molecule has 0 saturated heterocycles. The van der Waals surface area contributed by atoms with Crippen molar-refractivity contribution in [1.82, 2.24) is 19.9 Å². The van der Waals surface area contributed by atoms with Gasteiger partial charge < -0.3 is 5.73 Å². The van der Waals surface area contributed by atoms with E-state index >= 15 is 0 Å². The first-order valence-corrected chi connectivity index (χ1v) is 6.03. The van der Waals surface area contributed by atoms with E-state index in [1.807, 2.05) is 13.8 Å². The Bertz CT molecular complexity index is 501. The van der Waals surface area contributed by atoms with Gasteiger partial charge in [-0.05, 0) is 38.8 Å². The average Bonchev–Trinajstić information content (AvgIpc) is 2.39. The second-order valence-corrected chi connectivity index (χ2v) is 4.18. The van der Waals surface area contributed by atoms with Crippen molar-refractivity contribution in [3.8, 4) is 11.5 Å². The smallest absolute Gasteiger partial charge is 0.180 e. The molecule has 2 rings (SSSR count). The molecule has 94 valence electrons. The first-order valence-electron chi connectivity index (χ1n) is 6.03. The SMILES string of the molecule is Cc1nc(-c2cnccn2)nc(C)c1CCCN. The predicted molar refractivity (Wildman–Crippen MR) is 69.9 cm³/mol. The van der Waals surface area contributed by atoms with E-state index < -0.39 is 0 Å². The summed E-state index contributed by atoms with van der Waals surface area (Å²) in [6, 6.07) is 0. The number of hydrogen-bond donors (Lipinski definition) is 1. The molecule has 0 atom stereocenters. The Balaban J connectivity index is 2.36. The number of hydrogen-bond acceptors (Lipinski definition) is 5. The highest BCUT2D eigenvalue weighted by Gasteiger charge is 2.10. The first-order chi connectivity index (χ1) is 8.72. The molecule has 0 aliphatic rings. The largest absolute Gasteiger partial charge is 0.330 e. The topological polar surface area (TPSA) is 77.6 Å². The summed E-state index contributed by atoms with van der Waals surface area (Å²) in [6.45, 7) is 4.69. The minimum absolute atomic E-state index is 0.634. The van der Waals surface area contributed by atoms with Crippen LogP contribution in [0, 0.1) is 13.8 Å². The lowest BCUT2D eigenvalue weighted by atomic mass is 10.1. The van der Waals surface area contributed by atoms with E-state index in [0.29, 0.717) is 18.1 Å². The Morgan fingerprint density at radius 3 is 2.39 bits per heavy atom. The highest BCUT2D eigenvalue weighted by Crippen LogP contribution is 2.17. The third-order valence-corrected chi connectivity index (χ3v) is 2.84. The van der Waals surface area contributed by atoms with E-state index in [1.165, 1.54) is 5.56 Å². The fourth-order valence-electron chi connectivity index (χ4n) is 1.91. The van der Waals surface area contributed by atoms with E-state index in [-0.39, 0.29) is 0 Å². The summed E-state index contributed by atoms with van der Waals surface area (Å²) in [5.41, 5.74) is 9.42. The Hall–Kier alpha value is -1.88. The van der Waals surface area contributed by atoms with Crippen LogP contribution in [0.15, 0.2) is 18.6 Å². The Labute approximate surface area is 107 Å². The summed E-state index contributed by atoms with van der Waals surface area (Å²) in [4.78, 5) is 17.3. The maximum Gasteiger partial charge on any atom is 0.180 e. The van der Waals surface area contributed by atoms with Crippen molar-refractivity contribution in [2.45, 2.75) is 26.7 Å². The highest BCUT2D eigenvalue weighted by atomic mass is 14.9. The number of rotatable bonds is 4. The number of nitrogens with two attached hydrogens (primary N) is 1. The van der Waals surface area contributed by atoms with Gasteiger partial charge in [0.25, 0.3) is 0 Å². The second kappa shape index (κ2) is 5.64. The third-order valence-electron chi connectivity index (χ3n) is 2.84. The zero-order valence-electron chi connectivity index (χ0n) is 10.7. The normalized spacial score (nSPS) is 10.6. The lowest BCUT2D eigenvalue weighted by Crippen LogP contribution is -2.07. The molecule has 0 aliphatic heterocycles. The van der Waals surface area contributed by atoms with E-state index in [9.17, 15) is 0 Å². The lowest BCUT2D eigenvalue weighted by Gasteiger charge is -2.09. The number of aromatic nitrogens is 4. The molecule has 5 heteroatoms. The number of aryl methyl sites for hydroxylation is 2. The molecule has 0 unspecified atom stereocenters. The van der Waals surface area contributed by atoms with Crippen LogP contribution >= 0.6 is 0 Å². The number of nitrogens with zero attached hydrogens (tertiary/aromatic N) is 4. The van der Waals surface area contributed by atoms with Crippen LogP contribution in [0.3, 0.4) is 0 Å². The molecule has 0 saturated carbocycles. The molecular formula is C13H17N5. The molecule has 2 N–H and O–H groups in total. The van der Waals surface area contributed by atoms with Crippen molar-refractivity contribution in [3.63, 3.8) is 0 Å². The molecule has 0 aliphatic carbocycles. The average molecular weight is 243 g/mol. The second-order valence-electron chi connectivity index (χ2n) is 4.18. The molecule has 0 amide bonds. The van der Waals surface area contributed by atoms with Gasteiger partial charge in [0.15, 0.2) is 5.82 Å². The van der Waals surface area contributed by atoms with Gasteiger partial charge >= 0.3 is 0 Å². The molecular weight excluding hydrogens is 226 g/mol.